The van der Waals surface area contributed by atoms with E-state index in [1.807, 2.05) is 18.2 Å². The summed E-state index contributed by atoms with van der Waals surface area (Å²) in [4.78, 5) is 61.2. The molecular formula is C37H49N5O9S. The number of likely N-dealkylation sites (tertiary alicyclic amines) is 1. The molecule has 4 amide bonds. The van der Waals surface area contributed by atoms with Crippen LogP contribution in [-0.2, 0) is 34.6 Å². The second kappa shape index (κ2) is 14.1. The number of hydrogen-bond donors (Lipinski definition) is 3. The number of fused-ring (bicyclic) bond motifs is 1. The zero-order valence-corrected chi connectivity index (χ0v) is 31.8. The van der Waals surface area contributed by atoms with Gasteiger partial charge in [-0.05, 0) is 81.2 Å². The van der Waals surface area contributed by atoms with E-state index in [-0.39, 0.29) is 13.0 Å². The highest BCUT2D eigenvalue weighted by molar-refractivity contribution is 7.78. The van der Waals surface area contributed by atoms with Crippen molar-refractivity contribution in [2.45, 2.75) is 103 Å². The molecule has 2 saturated carbocycles. The van der Waals surface area contributed by atoms with Gasteiger partial charge < -0.3 is 29.7 Å². The quantitative estimate of drug-likeness (QED) is 0.270. The fourth-order valence-corrected chi connectivity index (χ4v) is 7.14. The number of pyridine rings is 1. The highest BCUT2D eigenvalue weighted by atomic mass is 32.2. The van der Waals surface area contributed by atoms with Crippen molar-refractivity contribution in [1.29, 1.82) is 0 Å². The molecule has 1 unspecified atom stereocenters. The van der Waals surface area contributed by atoms with Crippen LogP contribution in [0.2, 0.25) is 0 Å². The molecule has 1 saturated heterocycles. The van der Waals surface area contributed by atoms with Crippen LogP contribution in [-0.4, -0.2) is 86.5 Å². The molecule has 1 aromatic heterocycles. The molecule has 2 aliphatic carbocycles. The Balaban J connectivity index is 1.44. The number of rotatable bonds is 12. The summed E-state index contributed by atoms with van der Waals surface area (Å²) in [6.07, 6.45) is 2.97. The molecule has 3 aliphatic rings. The summed E-state index contributed by atoms with van der Waals surface area (Å²) < 4.78 is 37.8. The predicted octanol–water partition coefficient (Wildman–Crippen LogP) is 4.02. The van der Waals surface area contributed by atoms with Crippen molar-refractivity contribution < 1.29 is 41.8 Å². The SMILES string of the molecule is C=C[C@@H]1C(=C)[C@]1(NC(=O)[C@@H]1C[C@@H](Oc2nccc3cc(OC)ccc23)CN1C(=O)[C@@H](NC(=O)OC(C)(C)C)C(C)(C)C)C(=O)NS(=O)OC1(C)CC1. The molecule has 0 bridgehead atoms. The van der Waals surface area contributed by atoms with E-state index < -0.39 is 81.3 Å². The summed E-state index contributed by atoms with van der Waals surface area (Å²) in [7, 11) is 1.57. The van der Waals surface area contributed by atoms with Crippen molar-refractivity contribution in [3.63, 3.8) is 0 Å². The number of amides is 4. The Labute approximate surface area is 306 Å². The van der Waals surface area contributed by atoms with Crippen LogP contribution in [0.3, 0.4) is 0 Å². The van der Waals surface area contributed by atoms with Crippen LogP contribution in [0.25, 0.3) is 10.8 Å². The van der Waals surface area contributed by atoms with Crippen LogP contribution in [0.15, 0.2) is 55.3 Å². The van der Waals surface area contributed by atoms with E-state index in [1.54, 1.807) is 67.8 Å². The van der Waals surface area contributed by atoms with Crippen LogP contribution in [0.5, 0.6) is 11.6 Å². The number of alkyl carbamates (subject to hydrolysis) is 1. The Hall–Kier alpha value is -4.50. The average molecular weight is 740 g/mol. The molecule has 1 aliphatic heterocycles. The summed E-state index contributed by atoms with van der Waals surface area (Å²) >= 11 is -2.18. The fraction of sp³-hybridized carbons (Fsp3) is 0.541. The molecule has 52 heavy (non-hydrogen) atoms. The molecule has 6 atom stereocenters. The molecular weight excluding hydrogens is 691 g/mol. The number of carbonyl (C=O) groups excluding carboxylic acids is 4. The van der Waals surface area contributed by atoms with E-state index >= 15 is 0 Å². The maximum atomic E-state index is 14.5. The number of nitrogens with one attached hydrogen (secondary N) is 3. The number of benzene rings is 1. The van der Waals surface area contributed by atoms with Crippen molar-refractivity contribution in [3.8, 4) is 11.6 Å². The molecule has 3 N–H and O–H groups in total. The fourth-order valence-electron chi connectivity index (χ4n) is 6.26. The first-order valence-electron chi connectivity index (χ1n) is 17.2. The lowest BCUT2D eigenvalue weighted by atomic mass is 9.85. The maximum absolute atomic E-state index is 14.5. The van der Waals surface area contributed by atoms with Gasteiger partial charge in [0.15, 0.2) is 5.54 Å². The molecule has 1 aromatic carbocycles. The van der Waals surface area contributed by atoms with Gasteiger partial charge in [-0.1, -0.05) is 33.4 Å². The minimum Gasteiger partial charge on any atom is -0.497 e. The Bertz CT molecular complexity index is 1810. The second-order valence-electron chi connectivity index (χ2n) is 15.9. The zero-order valence-electron chi connectivity index (χ0n) is 31.0. The summed E-state index contributed by atoms with van der Waals surface area (Å²) in [5.41, 5.74) is -3.57. The van der Waals surface area contributed by atoms with Crippen molar-refractivity contribution in [1.82, 2.24) is 25.2 Å². The summed E-state index contributed by atoms with van der Waals surface area (Å²) in [5.74, 6) is -1.74. The van der Waals surface area contributed by atoms with Crippen LogP contribution < -0.4 is 24.8 Å². The first-order valence-corrected chi connectivity index (χ1v) is 18.2. The van der Waals surface area contributed by atoms with E-state index in [1.165, 1.54) is 11.0 Å². The number of nitrogens with zero attached hydrogens (tertiary/aromatic N) is 2. The highest BCUT2D eigenvalue weighted by Crippen LogP contribution is 2.50. The van der Waals surface area contributed by atoms with Gasteiger partial charge in [-0.15, -0.1) is 6.58 Å². The second-order valence-corrected chi connectivity index (χ2v) is 16.7. The lowest BCUT2D eigenvalue weighted by molar-refractivity contribution is -0.142. The van der Waals surface area contributed by atoms with Gasteiger partial charge in [0.25, 0.3) is 17.2 Å². The largest absolute Gasteiger partial charge is 0.497 e. The van der Waals surface area contributed by atoms with Crippen molar-refractivity contribution >= 4 is 45.9 Å². The van der Waals surface area contributed by atoms with Crippen LogP contribution >= 0.6 is 0 Å². The number of aromatic nitrogens is 1. The Morgan fingerprint density at radius 3 is 2.38 bits per heavy atom. The smallest absolute Gasteiger partial charge is 0.408 e. The van der Waals surface area contributed by atoms with Gasteiger partial charge in [-0.2, -0.15) is 0 Å². The predicted molar refractivity (Wildman–Crippen MR) is 194 cm³/mol. The number of hydrogen-bond acceptors (Lipinski definition) is 10. The molecule has 5 rings (SSSR count). The summed E-state index contributed by atoms with van der Waals surface area (Å²) in [6.45, 7) is 20.0. The van der Waals surface area contributed by atoms with Gasteiger partial charge >= 0.3 is 6.09 Å². The van der Waals surface area contributed by atoms with Gasteiger partial charge in [-0.3, -0.25) is 18.6 Å². The monoisotopic (exact) mass is 739 g/mol. The van der Waals surface area contributed by atoms with E-state index in [2.05, 4.69) is 33.5 Å². The lowest BCUT2D eigenvalue weighted by Crippen LogP contribution is -2.60. The van der Waals surface area contributed by atoms with Crippen molar-refractivity contribution in [3.05, 3.63) is 55.3 Å². The summed E-state index contributed by atoms with van der Waals surface area (Å²) in [5, 5.41) is 7.02. The molecule has 14 nitrogen and oxygen atoms in total. The molecule has 0 radical (unpaired) electrons. The standard InChI is InChI=1S/C37H49N5O9S/c1-11-26-21(2)37(26,32(45)41-52(47)51-36(9)15-16-36)40-29(43)27-19-24(49-30-25-13-12-23(48-10)18-22(25)14-17-38-30)20-42(27)31(44)28(34(3,4)5)39-33(46)50-35(6,7)8/h11-14,17-18,24,26-28H,1-2,15-16,19-20H2,3-10H3,(H,39,46)(H,40,43)(H,41,45)/t24-,26-,27+,28-,37-,52?/m1/s1. The normalized spacial score (nSPS) is 24.7. The molecule has 15 heteroatoms. The van der Waals surface area contributed by atoms with E-state index in [9.17, 15) is 23.4 Å². The Morgan fingerprint density at radius 1 is 1.12 bits per heavy atom. The number of carbonyl (C=O) groups is 4. The van der Waals surface area contributed by atoms with Crippen LogP contribution in [0.1, 0.15) is 67.7 Å². The van der Waals surface area contributed by atoms with Crippen molar-refractivity contribution in [2.24, 2.45) is 11.3 Å². The topological polar surface area (TPSA) is 174 Å². The van der Waals surface area contributed by atoms with E-state index in [0.717, 1.165) is 5.39 Å². The van der Waals surface area contributed by atoms with Gasteiger partial charge in [0.05, 0.1) is 19.3 Å². The highest BCUT2D eigenvalue weighted by Gasteiger charge is 2.65. The third-order valence-corrected chi connectivity index (χ3v) is 10.3. The Kier molecular flexibility index (Phi) is 10.5. The molecule has 2 aromatic rings. The average Bonchev–Trinajstić information content (AvgIpc) is 3.84. The van der Waals surface area contributed by atoms with Crippen molar-refractivity contribution in [2.75, 3.05) is 13.7 Å². The van der Waals surface area contributed by atoms with Gasteiger partial charge in [0.1, 0.15) is 29.5 Å². The number of ether oxygens (including phenoxy) is 3. The van der Waals surface area contributed by atoms with Gasteiger partial charge in [0.2, 0.25) is 17.7 Å². The molecule has 3 fully saturated rings. The van der Waals surface area contributed by atoms with E-state index in [0.29, 0.717) is 35.4 Å². The zero-order chi connectivity index (χ0) is 38.4. The number of methoxy groups -OCH3 is 1. The lowest BCUT2D eigenvalue weighted by Gasteiger charge is -2.36. The van der Waals surface area contributed by atoms with Crippen LogP contribution in [0.4, 0.5) is 4.79 Å². The minimum atomic E-state index is -2.18. The van der Waals surface area contributed by atoms with E-state index in [4.69, 9.17) is 18.4 Å². The molecule has 0 spiro atoms. The molecule has 2 heterocycles. The first kappa shape index (κ1) is 38.7. The van der Waals surface area contributed by atoms with Gasteiger partial charge in [0, 0.05) is 23.9 Å². The molecule has 282 valence electrons. The van der Waals surface area contributed by atoms with Gasteiger partial charge in [-0.25, -0.2) is 18.7 Å². The first-order chi connectivity index (χ1) is 24.2. The Morgan fingerprint density at radius 2 is 1.81 bits per heavy atom. The summed E-state index contributed by atoms with van der Waals surface area (Å²) in [6, 6.07) is 4.97. The minimum absolute atomic E-state index is 0.0193. The maximum Gasteiger partial charge on any atom is 0.408 e. The third kappa shape index (κ3) is 8.25. The third-order valence-electron chi connectivity index (χ3n) is 9.42. The van der Waals surface area contributed by atoms with Crippen LogP contribution in [0, 0.1) is 11.3 Å².